The van der Waals surface area contributed by atoms with Crippen LogP contribution in [0.15, 0.2) is 42.5 Å². The van der Waals surface area contributed by atoms with Crippen molar-refractivity contribution in [3.8, 4) is 5.75 Å². The molecule has 0 aromatic heterocycles. The third kappa shape index (κ3) is 2.39. The number of nitrogens with one attached hydrogen (secondary N) is 1. The molecule has 112 valence electrons. The van der Waals surface area contributed by atoms with E-state index >= 15 is 0 Å². The molecule has 1 aliphatic heterocycles. The van der Waals surface area contributed by atoms with Gasteiger partial charge < -0.3 is 15.0 Å². The molecule has 1 N–H and O–H groups in total. The Morgan fingerprint density at radius 3 is 2.77 bits per heavy atom. The number of nitrogens with zero attached hydrogens (tertiary/aromatic N) is 1. The quantitative estimate of drug-likeness (QED) is 0.926. The molecule has 0 spiro atoms. The monoisotopic (exact) mass is 300 g/mol. The molecule has 3 rings (SSSR count). The average Bonchev–Trinajstić information content (AvgIpc) is 2.51. The second kappa shape index (κ2) is 5.48. The molecule has 6 heteroatoms. The van der Waals surface area contributed by atoms with Gasteiger partial charge in [-0.05, 0) is 24.3 Å². The Labute approximate surface area is 126 Å². The maximum Gasteiger partial charge on any atom is 0.264 e. The first-order valence-electron chi connectivity index (χ1n) is 6.66. The first-order chi connectivity index (χ1) is 10.6. The maximum atomic E-state index is 13.7. The van der Waals surface area contributed by atoms with Crippen molar-refractivity contribution in [2.45, 2.75) is 0 Å². The highest BCUT2D eigenvalue weighted by Crippen LogP contribution is 2.38. The summed E-state index contributed by atoms with van der Waals surface area (Å²) in [5.74, 6) is -0.920. The van der Waals surface area contributed by atoms with Crippen molar-refractivity contribution in [2.75, 3.05) is 23.9 Å². The molecular weight excluding hydrogens is 287 g/mol. The van der Waals surface area contributed by atoms with Crippen LogP contribution >= 0.6 is 0 Å². The summed E-state index contributed by atoms with van der Waals surface area (Å²) in [6.45, 7) is -0.0474. The number of likely N-dealkylation sites (N-methyl/N-ethyl adjacent to an activating group) is 1. The molecule has 22 heavy (non-hydrogen) atoms. The zero-order valence-corrected chi connectivity index (χ0v) is 11.8. The van der Waals surface area contributed by atoms with Crippen LogP contribution in [0.5, 0.6) is 5.75 Å². The number of para-hydroxylation sites is 1. The fourth-order valence-corrected chi connectivity index (χ4v) is 2.28. The highest BCUT2D eigenvalue weighted by molar-refractivity contribution is 6.09. The fraction of sp³-hybridized carbons (Fsp3) is 0.125. The highest BCUT2D eigenvalue weighted by Gasteiger charge is 2.26. The van der Waals surface area contributed by atoms with E-state index in [1.807, 2.05) is 0 Å². The van der Waals surface area contributed by atoms with Gasteiger partial charge in [0.25, 0.3) is 11.8 Å². The Bertz CT molecular complexity index is 761. The molecule has 0 unspecified atom stereocenters. The molecule has 2 amide bonds. The number of fused-ring (bicyclic) bond motifs is 1. The first-order valence-corrected chi connectivity index (χ1v) is 6.66. The minimum atomic E-state index is -0.606. The van der Waals surface area contributed by atoms with Gasteiger partial charge >= 0.3 is 0 Å². The summed E-state index contributed by atoms with van der Waals surface area (Å²) in [7, 11) is 1.60. The van der Waals surface area contributed by atoms with Gasteiger partial charge in [0.05, 0.1) is 11.3 Å². The van der Waals surface area contributed by atoms with E-state index in [9.17, 15) is 14.0 Å². The van der Waals surface area contributed by atoms with Gasteiger partial charge in [-0.1, -0.05) is 18.2 Å². The molecule has 0 bridgehead atoms. The summed E-state index contributed by atoms with van der Waals surface area (Å²) in [5.41, 5.74) is 0.788. The number of anilines is 2. The molecule has 2 aromatic rings. The van der Waals surface area contributed by atoms with Gasteiger partial charge in [-0.2, -0.15) is 0 Å². The average molecular weight is 300 g/mol. The number of carbonyl (C=O) groups is 2. The largest absolute Gasteiger partial charge is 0.481 e. The normalized spacial score (nSPS) is 13.4. The molecule has 1 aliphatic rings. The van der Waals surface area contributed by atoms with Crippen LogP contribution in [0.3, 0.4) is 0 Å². The van der Waals surface area contributed by atoms with Crippen molar-refractivity contribution >= 4 is 23.2 Å². The number of benzene rings is 2. The number of hydrogen-bond acceptors (Lipinski definition) is 3. The molecule has 0 radical (unpaired) electrons. The van der Waals surface area contributed by atoms with Crippen LogP contribution < -0.4 is 15.0 Å². The van der Waals surface area contributed by atoms with Gasteiger partial charge in [0.15, 0.2) is 6.61 Å². The lowest BCUT2D eigenvalue weighted by Gasteiger charge is -2.28. The molecule has 0 aliphatic carbocycles. The summed E-state index contributed by atoms with van der Waals surface area (Å²) in [4.78, 5) is 25.4. The van der Waals surface area contributed by atoms with Crippen LogP contribution in [0.25, 0.3) is 0 Å². The van der Waals surface area contributed by atoms with Crippen molar-refractivity contribution in [3.63, 3.8) is 0 Å². The van der Waals surface area contributed by atoms with E-state index in [1.165, 1.54) is 23.1 Å². The zero-order valence-electron chi connectivity index (χ0n) is 11.8. The molecule has 5 nitrogen and oxygen atoms in total. The van der Waals surface area contributed by atoms with E-state index in [2.05, 4.69) is 5.32 Å². The highest BCUT2D eigenvalue weighted by atomic mass is 19.1. The molecule has 0 atom stereocenters. The van der Waals surface area contributed by atoms with Crippen LogP contribution in [0.1, 0.15) is 10.4 Å². The number of ether oxygens (including phenoxy) is 1. The molecular formula is C16H13FN2O3. The molecule has 0 fully saturated rings. The number of rotatable bonds is 2. The lowest BCUT2D eigenvalue weighted by molar-refractivity contribution is -0.120. The topological polar surface area (TPSA) is 58.6 Å². The number of hydrogen-bond donors (Lipinski definition) is 1. The van der Waals surface area contributed by atoms with E-state index < -0.39 is 11.7 Å². The number of halogens is 1. The van der Waals surface area contributed by atoms with Crippen LogP contribution in [-0.4, -0.2) is 25.5 Å². The maximum absolute atomic E-state index is 13.7. The Hall–Kier alpha value is -2.89. The van der Waals surface area contributed by atoms with Gasteiger partial charge in [0.1, 0.15) is 17.3 Å². The molecule has 1 heterocycles. The van der Waals surface area contributed by atoms with E-state index in [0.717, 1.165) is 0 Å². The summed E-state index contributed by atoms with van der Waals surface area (Å²) in [6.07, 6.45) is 0. The summed E-state index contributed by atoms with van der Waals surface area (Å²) >= 11 is 0. The smallest absolute Gasteiger partial charge is 0.264 e. The standard InChI is InChI=1S/C16H13FN2O3/c1-19-14(20)9-22-13-8-4-7-12(15(13)19)18-16(21)10-5-2-3-6-11(10)17/h2-8H,9H2,1H3,(H,18,21). The van der Waals surface area contributed by atoms with Crippen molar-refractivity contribution in [2.24, 2.45) is 0 Å². The van der Waals surface area contributed by atoms with Crippen LogP contribution in [0.2, 0.25) is 0 Å². The predicted molar refractivity (Wildman–Crippen MR) is 79.7 cm³/mol. The number of amides is 2. The molecule has 2 aromatic carbocycles. The lowest BCUT2D eigenvalue weighted by Crippen LogP contribution is -2.36. The van der Waals surface area contributed by atoms with Crippen molar-refractivity contribution < 1.29 is 18.7 Å². The second-order valence-corrected chi connectivity index (χ2v) is 4.83. The van der Waals surface area contributed by atoms with Crippen molar-refractivity contribution in [1.29, 1.82) is 0 Å². The summed E-state index contributed by atoms with van der Waals surface area (Å²) < 4.78 is 19.0. The minimum absolute atomic E-state index is 0.0474. The van der Waals surface area contributed by atoms with Gasteiger partial charge in [0, 0.05) is 7.05 Å². The van der Waals surface area contributed by atoms with E-state index in [4.69, 9.17) is 4.74 Å². The van der Waals surface area contributed by atoms with Gasteiger partial charge in [-0.15, -0.1) is 0 Å². The van der Waals surface area contributed by atoms with E-state index in [0.29, 0.717) is 17.1 Å². The molecule has 0 saturated heterocycles. The van der Waals surface area contributed by atoms with Gasteiger partial charge in [-0.25, -0.2) is 4.39 Å². The van der Waals surface area contributed by atoms with Crippen LogP contribution in [0.4, 0.5) is 15.8 Å². The summed E-state index contributed by atoms with van der Waals surface area (Å²) in [5, 5.41) is 2.63. The zero-order chi connectivity index (χ0) is 15.7. The Balaban J connectivity index is 1.96. The van der Waals surface area contributed by atoms with E-state index in [-0.39, 0.29) is 18.1 Å². The fourth-order valence-electron chi connectivity index (χ4n) is 2.28. The van der Waals surface area contributed by atoms with E-state index in [1.54, 1.807) is 31.3 Å². The van der Waals surface area contributed by atoms with Crippen molar-refractivity contribution in [1.82, 2.24) is 0 Å². The van der Waals surface area contributed by atoms with Crippen molar-refractivity contribution in [3.05, 3.63) is 53.8 Å². The Kier molecular flexibility index (Phi) is 3.50. The molecule has 0 saturated carbocycles. The Morgan fingerprint density at radius 2 is 2.00 bits per heavy atom. The first kappa shape index (κ1) is 14.1. The third-order valence-corrected chi connectivity index (χ3v) is 3.43. The predicted octanol–water partition coefficient (Wildman–Crippen LogP) is 2.43. The third-order valence-electron chi connectivity index (χ3n) is 3.43. The van der Waals surface area contributed by atoms with Crippen LogP contribution in [-0.2, 0) is 4.79 Å². The summed E-state index contributed by atoms with van der Waals surface area (Å²) in [6, 6.07) is 10.7. The lowest BCUT2D eigenvalue weighted by atomic mass is 10.1. The Morgan fingerprint density at radius 1 is 1.23 bits per heavy atom. The SMILES string of the molecule is CN1C(=O)COc2cccc(NC(=O)c3ccccc3F)c21. The van der Waals surface area contributed by atoms with Gasteiger partial charge in [-0.3, -0.25) is 9.59 Å². The van der Waals surface area contributed by atoms with Crippen LogP contribution in [0, 0.1) is 5.82 Å². The second-order valence-electron chi connectivity index (χ2n) is 4.83. The van der Waals surface area contributed by atoms with Gasteiger partial charge in [0.2, 0.25) is 0 Å². The number of carbonyl (C=O) groups excluding carboxylic acids is 2. The minimum Gasteiger partial charge on any atom is -0.481 e.